The van der Waals surface area contributed by atoms with Gasteiger partial charge >= 0.3 is 0 Å². The zero-order valence-corrected chi connectivity index (χ0v) is 15.7. The van der Waals surface area contributed by atoms with Crippen molar-refractivity contribution in [2.24, 2.45) is 16.1 Å². The molecule has 27 heavy (non-hydrogen) atoms. The average molecular weight is 372 g/mol. The summed E-state index contributed by atoms with van der Waals surface area (Å²) in [6.45, 7) is 2.78. The minimum absolute atomic E-state index is 0.101. The highest BCUT2D eigenvalue weighted by molar-refractivity contribution is 6.12. The third-order valence-electron chi connectivity index (χ3n) is 4.76. The lowest BCUT2D eigenvalue weighted by molar-refractivity contribution is -0.127. The van der Waals surface area contributed by atoms with Crippen LogP contribution >= 0.6 is 0 Å². The van der Waals surface area contributed by atoms with Crippen molar-refractivity contribution >= 4 is 23.5 Å². The summed E-state index contributed by atoms with van der Waals surface area (Å²) >= 11 is 0. The summed E-state index contributed by atoms with van der Waals surface area (Å²) in [6.07, 6.45) is 5.78. The standard InChI is InChI=1S/C18H17FN2O2.C3H8O/c19-14-2-4-15(5-3-14)21-17-7-13-1-6-16(23)9-18(13,11-22)8-12(17)10-20;1-3-4-2/h2-5,7,10-11H,1,6,8-9,20H2;3H2,1-2H3/b12-10-,21-17?;. The summed E-state index contributed by atoms with van der Waals surface area (Å²) in [4.78, 5) is 28.0. The van der Waals surface area contributed by atoms with E-state index in [2.05, 4.69) is 9.73 Å². The van der Waals surface area contributed by atoms with E-state index in [1.807, 2.05) is 13.0 Å². The lowest BCUT2D eigenvalue weighted by Crippen LogP contribution is -2.37. The van der Waals surface area contributed by atoms with Crippen molar-refractivity contribution in [1.82, 2.24) is 0 Å². The molecular weight excluding hydrogens is 347 g/mol. The summed E-state index contributed by atoms with van der Waals surface area (Å²) in [5.41, 5.74) is 7.87. The smallest absolute Gasteiger partial charge is 0.134 e. The molecule has 1 saturated carbocycles. The Hall–Kier alpha value is -2.60. The van der Waals surface area contributed by atoms with Gasteiger partial charge in [0.1, 0.15) is 17.9 Å². The van der Waals surface area contributed by atoms with Gasteiger partial charge in [0.2, 0.25) is 0 Å². The number of methoxy groups -OCH3 is 1. The number of Topliss-reactive ketones (excluding diaryl/α,β-unsaturated/α-hetero) is 1. The molecule has 2 aliphatic rings. The minimum atomic E-state index is -0.775. The number of ketones is 1. The number of allylic oxidation sites excluding steroid dienone is 3. The van der Waals surface area contributed by atoms with Gasteiger partial charge in [-0.05, 0) is 61.9 Å². The van der Waals surface area contributed by atoms with Crippen molar-refractivity contribution in [3.8, 4) is 0 Å². The first-order chi connectivity index (χ1) is 13.0. The maximum atomic E-state index is 13.0. The first kappa shape index (κ1) is 20.7. The Balaban J connectivity index is 0.000000596. The second-order valence-corrected chi connectivity index (χ2v) is 6.58. The lowest BCUT2D eigenvalue weighted by Gasteiger charge is -2.38. The Morgan fingerprint density at radius 1 is 1.26 bits per heavy atom. The molecule has 1 atom stereocenters. The number of hydrogen-bond acceptors (Lipinski definition) is 5. The Bertz CT molecular complexity index is 779. The van der Waals surface area contributed by atoms with Crippen molar-refractivity contribution in [2.75, 3.05) is 13.7 Å². The molecule has 0 radical (unpaired) electrons. The van der Waals surface area contributed by atoms with E-state index < -0.39 is 5.41 Å². The Morgan fingerprint density at radius 2 is 1.93 bits per heavy atom. The van der Waals surface area contributed by atoms with Crippen LogP contribution in [0.3, 0.4) is 0 Å². The first-order valence-electron chi connectivity index (χ1n) is 8.91. The lowest BCUT2D eigenvalue weighted by atomic mass is 9.64. The molecule has 5 nitrogen and oxygen atoms in total. The van der Waals surface area contributed by atoms with Crippen LogP contribution in [0.2, 0.25) is 0 Å². The van der Waals surface area contributed by atoms with Crippen LogP contribution in [-0.2, 0) is 14.3 Å². The van der Waals surface area contributed by atoms with Gasteiger partial charge in [-0.2, -0.15) is 0 Å². The van der Waals surface area contributed by atoms with Gasteiger partial charge in [0, 0.05) is 26.6 Å². The van der Waals surface area contributed by atoms with Crippen LogP contribution in [0.4, 0.5) is 10.1 Å². The molecule has 0 aliphatic heterocycles. The van der Waals surface area contributed by atoms with Crippen LogP contribution in [0.25, 0.3) is 0 Å². The van der Waals surface area contributed by atoms with E-state index in [4.69, 9.17) is 5.73 Å². The monoisotopic (exact) mass is 372 g/mol. The van der Waals surface area contributed by atoms with Gasteiger partial charge in [-0.1, -0.05) is 5.57 Å². The number of halogens is 1. The number of benzene rings is 1. The number of aliphatic imine (C=N–C) groups is 1. The molecule has 1 aromatic rings. The second-order valence-electron chi connectivity index (χ2n) is 6.58. The largest absolute Gasteiger partial charge is 0.404 e. The molecule has 2 aliphatic carbocycles. The molecule has 0 saturated heterocycles. The summed E-state index contributed by atoms with van der Waals surface area (Å²) in [6, 6.07) is 5.86. The maximum absolute atomic E-state index is 13.0. The van der Waals surface area contributed by atoms with Crippen LogP contribution < -0.4 is 5.73 Å². The number of rotatable bonds is 3. The van der Waals surface area contributed by atoms with Gasteiger partial charge in [-0.15, -0.1) is 0 Å². The summed E-state index contributed by atoms with van der Waals surface area (Å²) < 4.78 is 17.5. The molecule has 0 aromatic heterocycles. The molecule has 3 rings (SSSR count). The SMILES string of the molecule is CCOC.N/C=C1/CC2(C=O)CC(=O)CCC2=CC1=Nc1ccc(F)cc1. The minimum Gasteiger partial charge on any atom is -0.404 e. The molecule has 0 bridgehead atoms. The van der Waals surface area contributed by atoms with E-state index in [1.54, 1.807) is 19.2 Å². The van der Waals surface area contributed by atoms with Gasteiger partial charge in [0.05, 0.1) is 16.8 Å². The van der Waals surface area contributed by atoms with Crippen molar-refractivity contribution in [3.05, 3.63) is 53.5 Å². The number of fused-ring (bicyclic) bond motifs is 1. The van der Waals surface area contributed by atoms with Crippen LogP contribution in [-0.4, -0.2) is 31.5 Å². The maximum Gasteiger partial charge on any atom is 0.134 e. The van der Waals surface area contributed by atoms with Gasteiger partial charge in [-0.25, -0.2) is 9.38 Å². The van der Waals surface area contributed by atoms with Gasteiger partial charge in [-0.3, -0.25) is 4.79 Å². The second kappa shape index (κ2) is 9.37. The van der Waals surface area contributed by atoms with Crippen LogP contribution in [0.5, 0.6) is 0 Å². The number of ether oxygens (including phenoxy) is 1. The fourth-order valence-corrected chi connectivity index (χ4v) is 3.22. The Labute approximate surface area is 158 Å². The van der Waals surface area contributed by atoms with Gasteiger partial charge in [0.15, 0.2) is 0 Å². The summed E-state index contributed by atoms with van der Waals surface area (Å²) in [5.74, 6) is -0.221. The van der Waals surface area contributed by atoms with Crippen LogP contribution in [0.15, 0.2) is 52.7 Å². The quantitative estimate of drug-likeness (QED) is 0.821. The fourth-order valence-electron chi connectivity index (χ4n) is 3.22. The average Bonchev–Trinajstić information content (AvgIpc) is 2.69. The van der Waals surface area contributed by atoms with E-state index >= 15 is 0 Å². The van der Waals surface area contributed by atoms with Crippen LogP contribution in [0.1, 0.15) is 32.6 Å². The highest BCUT2D eigenvalue weighted by Gasteiger charge is 2.43. The molecule has 6 heteroatoms. The van der Waals surface area contributed by atoms with Gasteiger partial charge in [0.25, 0.3) is 0 Å². The van der Waals surface area contributed by atoms with E-state index in [0.29, 0.717) is 30.7 Å². The summed E-state index contributed by atoms with van der Waals surface area (Å²) in [5, 5.41) is 0. The highest BCUT2D eigenvalue weighted by Crippen LogP contribution is 2.46. The van der Waals surface area contributed by atoms with E-state index in [-0.39, 0.29) is 18.0 Å². The molecule has 0 heterocycles. The molecule has 1 unspecified atom stereocenters. The predicted molar refractivity (Wildman–Crippen MR) is 103 cm³/mol. The summed E-state index contributed by atoms with van der Waals surface area (Å²) in [7, 11) is 1.68. The number of aldehydes is 1. The van der Waals surface area contributed by atoms with E-state index in [1.165, 1.54) is 18.3 Å². The van der Waals surface area contributed by atoms with Crippen LogP contribution in [0, 0.1) is 11.2 Å². The topological polar surface area (TPSA) is 81.8 Å². The molecule has 0 amide bonds. The van der Waals surface area contributed by atoms with E-state index in [0.717, 1.165) is 24.0 Å². The van der Waals surface area contributed by atoms with Crippen molar-refractivity contribution in [2.45, 2.75) is 32.6 Å². The third kappa shape index (κ3) is 4.98. The first-order valence-corrected chi connectivity index (χ1v) is 8.91. The van der Waals surface area contributed by atoms with Crippen molar-refractivity contribution < 1.29 is 18.7 Å². The van der Waals surface area contributed by atoms with Crippen molar-refractivity contribution in [1.29, 1.82) is 0 Å². The molecule has 1 aromatic carbocycles. The fraction of sp³-hybridized carbons (Fsp3) is 0.381. The number of carbonyl (C=O) groups is 2. The molecule has 0 spiro atoms. The predicted octanol–water partition coefficient (Wildman–Crippen LogP) is 3.66. The zero-order valence-electron chi connectivity index (χ0n) is 15.7. The Morgan fingerprint density at radius 3 is 2.48 bits per heavy atom. The van der Waals surface area contributed by atoms with Crippen molar-refractivity contribution in [3.63, 3.8) is 0 Å². The molecule has 2 N–H and O–H groups in total. The Kier molecular flexibility index (Phi) is 7.19. The normalized spacial score (nSPS) is 24.7. The highest BCUT2D eigenvalue weighted by atomic mass is 19.1. The van der Waals surface area contributed by atoms with E-state index in [9.17, 15) is 14.0 Å². The molecular formula is C21H25FN2O3. The molecule has 144 valence electrons. The number of carbonyl (C=O) groups excluding carboxylic acids is 2. The number of nitrogens with two attached hydrogens (primary N) is 1. The zero-order chi connectivity index (χ0) is 19.9. The van der Waals surface area contributed by atoms with Gasteiger partial charge < -0.3 is 15.3 Å². The number of nitrogens with zero attached hydrogens (tertiary/aromatic N) is 1. The molecule has 1 fully saturated rings. The third-order valence-corrected chi connectivity index (χ3v) is 4.76. The number of hydrogen-bond donors (Lipinski definition) is 1.